The van der Waals surface area contributed by atoms with E-state index in [0.29, 0.717) is 0 Å². The highest BCUT2D eigenvalue weighted by Gasteiger charge is 2.42. The summed E-state index contributed by atoms with van der Waals surface area (Å²) >= 11 is 0. The average Bonchev–Trinajstić information content (AvgIpc) is 2.82. The first-order chi connectivity index (χ1) is 10.1. The first kappa shape index (κ1) is 14.9. The summed E-state index contributed by atoms with van der Waals surface area (Å²) in [6.45, 7) is 0.744. The number of nitrogens with zero attached hydrogens (tertiary/aromatic N) is 1. The maximum Gasteiger partial charge on any atom is 0.128 e. The fourth-order valence-electron chi connectivity index (χ4n) is 4.05. The van der Waals surface area contributed by atoms with Crippen molar-refractivity contribution in [1.29, 1.82) is 0 Å². The number of aliphatic hydroxyl groups excluding tert-OH is 1. The second kappa shape index (κ2) is 5.98. The van der Waals surface area contributed by atoms with E-state index in [1.807, 2.05) is 6.07 Å². The number of hydrogen-bond donors (Lipinski definition) is 1. The number of aliphatic hydroxyl groups is 1. The van der Waals surface area contributed by atoms with Crippen molar-refractivity contribution in [3.63, 3.8) is 0 Å². The molecule has 3 nitrogen and oxygen atoms in total. The van der Waals surface area contributed by atoms with Crippen LogP contribution in [-0.4, -0.2) is 36.2 Å². The molecule has 1 aliphatic heterocycles. The van der Waals surface area contributed by atoms with Gasteiger partial charge in [0.15, 0.2) is 0 Å². The molecule has 3 heteroatoms. The first-order valence-electron chi connectivity index (χ1n) is 8.25. The van der Waals surface area contributed by atoms with E-state index in [1.54, 1.807) is 0 Å². The van der Waals surface area contributed by atoms with Crippen molar-refractivity contribution in [2.75, 3.05) is 20.7 Å². The van der Waals surface area contributed by atoms with Crippen LogP contribution < -0.4 is 4.74 Å². The van der Waals surface area contributed by atoms with Crippen LogP contribution in [0.2, 0.25) is 0 Å². The molecule has 1 unspecified atom stereocenters. The largest absolute Gasteiger partial charge is 0.493 e. The van der Waals surface area contributed by atoms with Crippen molar-refractivity contribution in [3.05, 3.63) is 29.3 Å². The molecule has 0 aromatic heterocycles. The van der Waals surface area contributed by atoms with Crippen LogP contribution in [0.4, 0.5) is 0 Å². The zero-order chi connectivity index (χ0) is 14.9. The molecule has 0 spiro atoms. The monoisotopic (exact) mass is 289 g/mol. The van der Waals surface area contributed by atoms with Crippen LogP contribution >= 0.6 is 0 Å². The third-order valence-electron chi connectivity index (χ3n) is 5.41. The Balaban J connectivity index is 1.98. The van der Waals surface area contributed by atoms with Crippen molar-refractivity contribution < 1.29 is 9.84 Å². The molecule has 1 saturated carbocycles. The minimum Gasteiger partial charge on any atom is -0.493 e. The van der Waals surface area contributed by atoms with Crippen LogP contribution in [0.3, 0.4) is 0 Å². The molecule has 1 aromatic rings. The highest BCUT2D eigenvalue weighted by atomic mass is 16.5. The van der Waals surface area contributed by atoms with E-state index in [9.17, 15) is 5.11 Å². The Bertz CT molecular complexity index is 490. The maximum absolute atomic E-state index is 11.2. The molecule has 0 saturated heterocycles. The predicted molar refractivity (Wildman–Crippen MR) is 84.7 cm³/mol. The van der Waals surface area contributed by atoms with Crippen molar-refractivity contribution in [2.24, 2.45) is 0 Å². The molecule has 0 radical (unpaired) electrons. The lowest BCUT2D eigenvalue weighted by molar-refractivity contribution is -0.0209. The van der Waals surface area contributed by atoms with E-state index in [4.69, 9.17) is 4.74 Å². The quantitative estimate of drug-likeness (QED) is 0.867. The summed E-state index contributed by atoms with van der Waals surface area (Å²) in [7, 11) is 4.22. The van der Waals surface area contributed by atoms with Gasteiger partial charge in [-0.15, -0.1) is 0 Å². The maximum atomic E-state index is 11.2. The van der Waals surface area contributed by atoms with E-state index >= 15 is 0 Å². The molecule has 1 heterocycles. The SMILES string of the molecule is CN(C)C1(C(O)c2cccc3c2OCC3)CCCCCC1. The number of benzene rings is 1. The fourth-order valence-corrected chi connectivity index (χ4v) is 4.05. The van der Waals surface area contributed by atoms with Crippen LogP contribution in [0, 0.1) is 0 Å². The van der Waals surface area contributed by atoms with Gasteiger partial charge in [0.25, 0.3) is 0 Å². The van der Waals surface area contributed by atoms with Gasteiger partial charge in [0, 0.05) is 12.0 Å². The lowest BCUT2D eigenvalue weighted by atomic mass is 9.79. The van der Waals surface area contributed by atoms with Crippen LogP contribution in [-0.2, 0) is 6.42 Å². The van der Waals surface area contributed by atoms with Gasteiger partial charge in [-0.3, -0.25) is 0 Å². The molecule has 1 fully saturated rings. The molecule has 1 N–H and O–H groups in total. The highest BCUT2D eigenvalue weighted by Crippen LogP contribution is 2.45. The first-order valence-corrected chi connectivity index (χ1v) is 8.25. The van der Waals surface area contributed by atoms with Gasteiger partial charge in [-0.05, 0) is 32.5 Å². The molecule has 21 heavy (non-hydrogen) atoms. The van der Waals surface area contributed by atoms with E-state index < -0.39 is 6.10 Å². The number of likely N-dealkylation sites (N-methyl/N-ethyl adjacent to an activating group) is 1. The summed E-state index contributed by atoms with van der Waals surface area (Å²) in [4.78, 5) is 2.25. The van der Waals surface area contributed by atoms with Crippen molar-refractivity contribution >= 4 is 0 Å². The number of para-hydroxylation sites is 1. The van der Waals surface area contributed by atoms with Crippen molar-refractivity contribution in [2.45, 2.75) is 56.6 Å². The third-order valence-corrected chi connectivity index (χ3v) is 5.41. The van der Waals surface area contributed by atoms with E-state index in [1.165, 1.54) is 31.2 Å². The normalized spacial score (nSPS) is 22.5. The smallest absolute Gasteiger partial charge is 0.128 e. The Morgan fingerprint density at radius 1 is 1.14 bits per heavy atom. The summed E-state index contributed by atoms with van der Waals surface area (Å²) in [5.74, 6) is 0.940. The Morgan fingerprint density at radius 2 is 1.86 bits per heavy atom. The second-order valence-electron chi connectivity index (χ2n) is 6.75. The zero-order valence-electron chi connectivity index (χ0n) is 13.3. The molecule has 0 bridgehead atoms. The van der Waals surface area contributed by atoms with E-state index in [-0.39, 0.29) is 5.54 Å². The Hall–Kier alpha value is -1.06. The summed E-state index contributed by atoms with van der Waals surface area (Å²) in [5, 5.41) is 11.2. The van der Waals surface area contributed by atoms with Gasteiger partial charge >= 0.3 is 0 Å². The summed E-state index contributed by atoms with van der Waals surface area (Å²) < 4.78 is 5.82. The molecule has 1 atom stereocenters. The number of hydrogen-bond acceptors (Lipinski definition) is 3. The Labute approximate surface area is 127 Å². The topological polar surface area (TPSA) is 32.7 Å². The Morgan fingerprint density at radius 3 is 2.52 bits per heavy atom. The van der Waals surface area contributed by atoms with Gasteiger partial charge < -0.3 is 14.7 Å². The lowest BCUT2D eigenvalue weighted by Gasteiger charge is -2.43. The molecule has 0 amide bonds. The molecule has 1 aromatic carbocycles. The molecule has 2 aliphatic rings. The van der Waals surface area contributed by atoms with Crippen molar-refractivity contribution in [3.8, 4) is 5.75 Å². The fraction of sp³-hybridized carbons (Fsp3) is 0.667. The van der Waals surface area contributed by atoms with Crippen LogP contribution in [0.1, 0.15) is 55.8 Å². The molecule has 116 valence electrons. The second-order valence-corrected chi connectivity index (χ2v) is 6.75. The van der Waals surface area contributed by atoms with Crippen LogP contribution in [0.5, 0.6) is 5.75 Å². The van der Waals surface area contributed by atoms with Crippen molar-refractivity contribution in [1.82, 2.24) is 4.90 Å². The summed E-state index contributed by atoms with van der Waals surface area (Å²) in [6.07, 6.45) is 7.58. The number of rotatable bonds is 3. The zero-order valence-corrected chi connectivity index (χ0v) is 13.3. The minimum absolute atomic E-state index is 0.155. The van der Waals surface area contributed by atoms with E-state index in [0.717, 1.165) is 37.2 Å². The predicted octanol–water partition coefficient (Wildman–Crippen LogP) is 3.31. The van der Waals surface area contributed by atoms with Gasteiger partial charge in [-0.25, -0.2) is 0 Å². The lowest BCUT2D eigenvalue weighted by Crippen LogP contribution is -2.49. The summed E-state index contributed by atoms with van der Waals surface area (Å²) in [6, 6.07) is 6.23. The average molecular weight is 289 g/mol. The molecular formula is C18H27NO2. The Kier molecular flexibility index (Phi) is 4.23. The van der Waals surface area contributed by atoms with Gasteiger partial charge in [0.05, 0.1) is 12.1 Å². The highest BCUT2D eigenvalue weighted by molar-refractivity contribution is 5.46. The number of fused-ring (bicyclic) bond motifs is 1. The third kappa shape index (κ3) is 2.58. The summed E-state index contributed by atoms with van der Waals surface area (Å²) in [5.41, 5.74) is 2.08. The molecule has 1 aliphatic carbocycles. The van der Waals surface area contributed by atoms with Gasteiger partial charge in [-0.2, -0.15) is 0 Å². The molecular weight excluding hydrogens is 262 g/mol. The van der Waals surface area contributed by atoms with Gasteiger partial charge in [0.1, 0.15) is 11.9 Å². The molecule has 3 rings (SSSR count). The van der Waals surface area contributed by atoms with Gasteiger partial charge in [-0.1, -0.05) is 43.9 Å². The van der Waals surface area contributed by atoms with Crippen LogP contribution in [0.25, 0.3) is 0 Å². The van der Waals surface area contributed by atoms with Crippen LogP contribution in [0.15, 0.2) is 18.2 Å². The standard InChI is InChI=1S/C18H27NO2/c1-19(2)18(11-5-3-4-6-12-18)17(20)15-9-7-8-14-10-13-21-16(14)15/h7-9,17,20H,3-6,10-13H2,1-2H3. The minimum atomic E-state index is -0.473. The number of ether oxygens (including phenoxy) is 1. The van der Waals surface area contributed by atoms with E-state index in [2.05, 4.69) is 31.1 Å². The van der Waals surface area contributed by atoms with Gasteiger partial charge in [0.2, 0.25) is 0 Å².